The van der Waals surface area contributed by atoms with E-state index in [9.17, 15) is 4.79 Å². The van der Waals surface area contributed by atoms with E-state index in [4.69, 9.17) is 11.6 Å². The Hall–Kier alpha value is -2.22. The number of aromatic nitrogens is 3. The molecular formula is C23H25ClN4OS2. The van der Waals surface area contributed by atoms with Crippen molar-refractivity contribution >= 4 is 46.7 Å². The number of anilines is 1. The van der Waals surface area contributed by atoms with Crippen LogP contribution in [0.25, 0.3) is 0 Å². The fourth-order valence-corrected chi connectivity index (χ4v) is 4.76. The quantitative estimate of drug-likeness (QED) is 0.280. The molecule has 1 N–H and O–H groups in total. The van der Waals surface area contributed by atoms with Gasteiger partial charge in [0.05, 0.1) is 11.0 Å². The number of nitrogens with zero attached hydrogens (tertiary/aromatic N) is 3. The number of hydrogen-bond acceptors (Lipinski definition) is 5. The van der Waals surface area contributed by atoms with E-state index in [2.05, 4.69) is 53.3 Å². The average Bonchev–Trinajstić information content (AvgIpc) is 3.14. The third-order valence-electron chi connectivity index (χ3n) is 4.52. The van der Waals surface area contributed by atoms with E-state index in [0.717, 1.165) is 16.7 Å². The molecule has 0 saturated heterocycles. The number of rotatable bonds is 10. The highest BCUT2D eigenvalue weighted by Crippen LogP contribution is 2.29. The highest BCUT2D eigenvalue weighted by Gasteiger charge is 2.22. The van der Waals surface area contributed by atoms with Gasteiger partial charge in [-0.15, -0.1) is 28.5 Å². The number of nitrogens with one attached hydrogen (secondary N) is 1. The zero-order valence-corrected chi connectivity index (χ0v) is 19.9. The molecule has 1 aromatic heterocycles. The van der Waals surface area contributed by atoms with Gasteiger partial charge in [0.1, 0.15) is 5.82 Å². The number of amides is 1. The molecule has 1 atom stereocenters. The third-order valence-corrected chi connectivity index (χ3v) is 7.12. The van der Waals surface area contributed by atoms with E-state index in [1.165, 1.54) is 22.2 Å². The van der Waals surface area contributed by atoms with Crippen LogP contribution in [0, 0.1) is 6.92 Å². The Kier molecular flexibility index (Phi) is 8.63. The molecule has 162 valence electrons. The van der Waals surface area contributed by atoms with Crippen molar-refractivity contribution in [3.8, 4) is 0 Å². The van der Waals surface area contributed by atoms with Gasteiger partial charge in [-0.05, 0) is 49.7 Å². The van der Waals surface area contributed by atoms with Crippen LogP contribution in [0.1, 0.15) is 24.7 Å². The van der Waals surface area contributed by atoms with Gasteiger partial charge in [-0.25, -0.2) is 0 Å². The van der Waals surface area contributed by atoms with Gasteiger partial charge in [-0.2, -0.15) is 0 Å². The molecule has 5 nitrogen and oxygen atoms in total. The minimum atomic E-state index is -0.291. The number of allylic oxidation sites excluding steroid dienone is 1. The van der Waals surface area contributed by atoms with E-state index < -0.39 is 0 Å². The average molecular weight is 473 g/mol. The van der Waals surface area contributed by atoms with E-state index in [-0.39, 0.29) is 11.2 Å². The van der Waals surface area contributed by atoms with Crippen molar-refractivity contribution in [1.29, 1.82) is 0 Å². The van der Waals surface area contributed by atoms with Crippen molar-refractivity contribution in [2.24, 2.45) is 0 Å². The molecule has 31 heavy (non-hydrogen) atoms. The first-order valence-corrected chi connectivity index (χ1v) is 12.2. The van der Waals surface area contributed by atoms with Crippen LogP contribution in [0.4, 0.5) is 5.69 Å². The van der Waals surface area contributed by atoms with Gasteiger partial charge in [0.2, 0.25) is 5.91 Å². The molecule has 1 heterocycles. The maximum Gasteiger partial charge on any atom is 0.237 e. The number of hydrogen-bond donors (Lipinski definition) is 1. The van der Waals surface area contributed by atoms with Crippen LogP contribution in [-0.2, 0) is 17.1 Å². The molecule has 0 aliphatic carbocycles. The maximum atomic E-state index is 12.8. The van der Waals surface area contributed by atoms with Crippen LogP contribution >= 0.6 is 35.1 Å². The number of carbonyl (C=O) groups is 1. The summed E-state index contributed by atoms with van der Waals surface area (Å²) in [6.45, 7) is 8.52. The smallest absolute Gasteiger partial charge is 0.237 e. The lowest BCUT2D eigenvalue weighted by Gasteiger charge is -2.15. The molecule has 3 aromatic rings. The van der Waals surface area contributed by atoms with E-state index >= 15 is 0 Å². The van der Waals surface area contributed by atoms with Crippen molar-refractivity contribution in [2.75, 3.05) is 5.32 Å². The summed E-state index contributed by atoms with van der Waals surface area (Å²) in [5.41, 5.74) is 1.96. The molecular weight excluding hydrogens is 448 g/mol. The molecule has 0 aliphatic rings. The molecule has 0 fully saturated rings. The lowest BCUT2D eigenvalue weighted by atomic mass is 10.2. The number of benzene rings is 2. The van der Waals surface area contributed by atoms with Gasteiger partial charge in [0.15, 0.2) is 5.16 Å². The molecule has 0 bridgehead atoms. The van der Waals surface area contributed by atoms with E-state index in [1.54, 1.807) is 36.0 Å². The SMILES string of the molecule is C=CCn1c(CSc2ccc(C)cc2)nnc1SC(CC)C(=O)Nc1ccc(Cl)cc1. The Morgan fingerprint density at radius 2 is 1.90 bits per heavy atom. The largest absolute Gasteiger partial charge is 0.325 e. The summed E-state index contributed by atoms with van der Waals surface area (Å²) in [4.78, 5) is 14.0. The van der Waals surface area contributed by atoms with Crippen LogP contribution in [0.15, 0.2) is 71.2 Å². The van der Waals surface area contributed by atoms with Crippen LogP contribution < -0.4 is 5.32 Å². The summed E-state index contributed by atoms with van der Waals surface area (Å²) in [7, 11) is 0. The summed E-state index contributed by atoms with van der Waals surface area (Å²) >= 11 is 9.06. The maximum absolute atomic E-state index is 12.8. The van der Waals surface area contributed by atoms with Crippen molar-refractivity contribution in [3.05, 3.63) is 77.6 Å². The third kappa shape index (κ3) is 6.63. The zero-order valence-electron chi connectivity index (χ0n) is 17.5. The molecule has 3 rings (SSSR count). The summed E-state index contributed by atoms with van der Waals surface area (Å²) in [6.07, 6.45) is 2.49. The fourth-order valence-electron chi connectivity index (χ4n) is 2.81. The van der Waals surface area contributed by atoms with Crippen molar-refractivity contribution < 1.29 is 4.79 Å². The number of thioether (sulfide) groups is 2. The molecule has 1 amide bonds. The molecule has 8 heteroatoms. The van der Waals surface area contributed by atoms with E-state index in [0.29, 0.717) is 23.7 Å². The standard InChI is InChI=1S/C23H25ClN4OS2/c1-4-14-28-21(15-30-19-12-6-16(3)7-13-19)26-27-23(28)31-20(5-2)22(29)25-18-10-8-17(24)9-11-18/h4,6-13,20H,1,5,14-15H2,2-3H3,(H,25,29). The molecule has 2 aromatic carbocycles. The van der Waals surface area contributed by atoms with Crippen LogP contribution in [0.2, 0.25) is 5.02 Å². The Balaban J connectivity index is 1.69. The van der Waals surface area contributed by atoms with Gasteiger partial charge in [-0.3, -0.25) is 4.79 Å². The summed E-state index contributed by atoms with van der Waals surface area (Å²) < 4.78 is 2.02. The van der Waals surface area contributed by atoms with Gasteiger partial charge >= 0.3 is 0 Å². The minimum absolute atomic E-state index is 0.0708. The zero-order chi connectivity index (χ0) is 22.2. The second-order valence-corrected chi connectivity index (χ2v) is 9.57. The topological polar surface area (TPSA) is 59.8 Å². The Morgan fingerprint density at radius 3 is 2.55 bits per heavy atom. The van der Waals surface area contributed by atoms with Crippen molar-refractivity contribution in [2.45, 2.75) is 47.9 Å². The summed E-state index contributed by atoms with van der Waals surface area (Å²) in [6, 6.07) is 15.5. The summed E-state index contributed by atoms with van der Waals surface area (Å²) in [5.74, 6) is 1.48. The predicted molar refractivity (Wildman–Crippen MR) is 131 cm³/mol. The highest BCUT2D eigenvalue weighted by atomic mass is 35.5. The normalized spacial score (nSPS) is 11.8. The highest BCUT2D eigenvalue weighted by molar-refractivity contribution is 8.00. The van der Waals surface area contributed by atoms with Gasteiger partial charge in [-0.1, -0.05) is 54.1 Å². The Bertz CT molecular complexity index is 1020. The first-order chi connectivity index (χ1) is 15.0. The molecule has 0 saturated carbocycles. The van der Waals surface area contributed by atoms with Crippen LogP contribution in [-0.4, -0.2) is 25.9 Å². The lowest BCUT2D eigenvalue weighted by Crippen LogP contribution is -2.25. The Morgan fingerprint density at radius 1 is 1.19 bits per heavy atom. The van der Waals surface area contributed by atoms with Crippen LogP contribution in [0.5, 0.6) is 0 Å². The van der Waals surface area contributed by atoms with Gasteiger partial charge in [0.25, 0.3) is 0 Å². The molecule has 1 unspecified atom stereocenters. The number of aryl methyl sites for hydroxylation is 1. The van der Waals surface area contributed by atoms with Crippen LogP contribution in [0.3, 0.4) is 0 Å². The fraction of sp³-hybridized carbons (Fsp3) is 0.261. The minimum Gasteiger partial charge on any atom is -0.325 e. The number of carbonyl (C=O) groups excluding carboxylic acids is 1. The summed E-state index contributed by atoms with van der Waals surface area (Å²) in [5, 5.41) is 12.8. The second-order valence-electron chi connectivity index (χ2n) is 6.91. The van der Waals surface area contributed by atoms with Gasteiger partial charge in [0, 0.05) is 22.2 Å². The van der Waals surface area contributed by atoms with Crippen molar-refractivity contribution in [3.63, 3.8) is 0 Å². The number of halogens is 1. The van der Waals surface area contributed by atoms with Gasteiger partial charge < -0.3 is 9.88 Å². The molecule has 0 aliphatic heterocycles. The first kappa shape index (κ1) is 23.4. The van der Waals surface area contributed by atoms with Crippen molar-refractivity contribution in [1.82, 2.24) is 14.8 Å². The first-order valence-electron chi connectivity index (χ1n) is 9.95. The molecule has 0 radical (unpaired) electrons. The van der Waals surface area contributed by atoms with E-state index in [1.807, 2.05) is 17.6 Å². The predicted octanol–water partition coefficient (Wildman–Crippen LogP) is 6.23. The Labute approximate surface area is 196 Å². The lowest BCUT2D eigenvalue weighted by molar-refractivity contribution is -0.115. The molecule has 0 spiro atoms. The second kappa shape index (κ2) is 11.4. The monoisotopic (exact) mass is 472 g/mol.